The Bertz CT molecular complexity index is 178. The van der Waals surface area contributed by atoms with Crippen LogP contribution in [-0.4, -0.2) is 18.0 Å². The molecule has 2 aliphatic rings. The van der Waals surface area contributed by atoms with Crippen LogP contribution in [0.15, 0.2) is 0 Å². The van der Waals surface area contributed by atoms with E-state index in [4.69, 9.17) is 4.74 Å². The summed E-state index contributed by atoms with van der Waals surface area (Å²) in [6.45, 7) is 5.70. The molecule has 1 saturated heterocycles. The Hall–Kier alpha value is 0.440. The minimum Gasteiger partial charge on any atom is -0.377 e. The van der Waals surface area contributed by atoms with Crippen LogP contribution in [0.1, 0.15) is 26.7 Å². The standard InChI is InChI=1S/C9H15BrO/c1-8(2)5-9(8)3-7(4-10)11-6-9/h7H,3-6H2,1-2H3/t7-,9-/m0/s1. The van der Waals surface area contributed by atoms with E-state index < -0.39 is 0 Å². The zero-order chi connectivity index (χ0) is 8.11. The monoisotopic (exact) mass is 218 g/mol. The lowest BCUT2D eigenvalue weighted by Crippen LogP contribution is -2.09. The second-order valence-corrected chi connectivity index (χ2v) is 5.28. The Balaban J connectivity index is 2.01. The SMILES string of the molecule is CC1(C)C[C@@]12CO[C@H](CBr)C2. The summed E-state index contributed by atoms with van der Waals surface area (Å²) in [4.78, 5) is 0. The van der Waals surface area contributed by atoms with Crippen LogP contribution >= 0.6 is 15.9 Å². The van der Waals surface area contributed by atoms with Crippen LogP contribution in [0.3, 0.4) is 0 Å². The molecule has 64 valence electrons. The summed E-state index contributed by atoms with van der Waals surface area (Å²) in [6.07, 6.45) is 3.12. The van der Waals surface area contributed by atoms with Crippen molar-refractivity contribution in [2.75, 3.05) is 11.9 Å². The Morgan fingerprint density at radius 3 is 2.45 bits per heavy atom. The molecule has 2 atom stereocenters. The maximum Gasteiger partial charge on any atom is 0.0678 e. The van der Waals surface area contributed by atoms with E-state index in [0.29, 0.717) is 16.9 Å². The third kappa shape index (κ3) is 1.06. The maximum atomic E-state index is 5.67. The van der Waals surface area contributed by atoms with Gasteiger partial charge in [-0.1, -0.05) is 29.8 Å². The van der Waals surface area contributed by atoms with Crippen LogP contribution in [0.4, 0.5) is 0 Å². The molecule has 0 radical (unpaired) electrons. The molecule has 1 aliphatic carbocycles. The van der Waals surface area contributed by atoms with Gasteiger partial charge in [0.05, 0.1) is 12.7 Å². The third-order valence-corrected chi connectivity index (χ3v) is 4.20. The predicted octanol–water partition coefficient (Wildman–Crippen LogP) is 2.59. The van der Waals surface area contributed by atoms with E-state index in [-0.39, 0.29) is 0 Å². The van der Waals surface area contributed by atoms with Crippen molar-refractivity contribution in [2.24, 2.45) is 10.8 Å². The van der Waals surface area contributed by atoms with E-state index in [1.807, 2.05) is 0 Å². The molecule has 0 amide bonds. The highest BCUT2D eigenvalue weighted by molar-refractivity contribution is 9.09. The molecular weight excluding hydrogens is 204 g/mol. The zero-order valence-corrected chi connectivity index (χ0v) is 8.78. The van der Waals surface area contributed by atoms with Gasteiger partial charge >= 0.3 is 0 Å². The number of ether oxygens (including phenoxy) is 1. The molecule has 2 rings (SSSR count). The molecule has 1 nitrogen and oxygen atoms in total. The molecule has 1 spiro atoms. The summed E-state index contributed by atoms with van der Waals surface area (Å²) in [5.41, 5.74) is 1.12. The second-order valence-electron chi connectivity index (χ2n) is 4.63. The Labute approximate surface area is 76.6 Å². The molecule has 0 aromatic heterocycles. The molecule has 0 aromatic carbocycles. The average Bonchev–Trinajstić information content (AvgIpc) is 2.35. The predicted molar refractivity (Wildman–Crippen MR) is 49.0 cm³/mol. The largest absolute Gasteiger partial charge is 0.377 e. The zero-order valence-electron chi connectivity index (χ0n) is 7.19. The van der Waals surface area contributed by atoms with E-state index in [1.165, 1.54) is 12.8 Å². The normalized spacial score (nSPS) is 46.6. The van der Waals surface area contributed by atoms with Crippen LogP contribution in [0, 0.1) is 10.8 Å². The van der Waals surface area contributed by atoms with Crippen molar-refractivity contribution < 1.29 is 4.74 Å². The highest BCUT2D eigenvalue weighted by Gasteiger charge is 2.64. The highest BCUT2D eigenvalue weighted by atomic mass is 79.9. The molecule has 2 heteroatoms. The summed E-state index contributed by atoms with van der Waals surface area (Å²) in [5, 5.41) is 1.00. The van der Waals surface area contributed by atoms with Crippen molar-refractivity contribution in [3.63, 3.8) is 0 Å². The molecule has 1 saturated carbocycles. The Morgan fingerprint density at radius 1 is 1.55 bits per heavy atom. The van der Waals surface area contributed by atoms with E-state index in [2.05, 4.69) is 29.8 Å². The lowest BCUT2D eigenvalue weighted by Gasteiger charge is -2.09. The smallest absolute Gasteiger partial charge is 0.0678 e. The lowest BCUT2D eigenvalue weighted by atomic mass is 9.93. The molecule has 0 aromatic rings. The van der Waals surface area contributed by atoms with E-state index in [1.54, 1.807) is 0 Å². The van der Waals surface area contributed by atoms with E-state index >= 15 is 0 Å². The quantitative estimate of drug-likeness (QED) is 0.616. The molecule has 0 unspecified atom stereocenters. The summed E-state index contributed by atoms with van der Waals surface area (Å²) in [7, 11) is 0. The van der Waals surface area contributed by atoms with Gasteiger partial charge in [0.15, 0.2) is 0 Å². The first kappa shape index (κ1) is 8.06. The van der Waals surface area contributed by atoms with Crippen molar-refractivity contribution in [1.29, 1.82) is 0 Å². The van der Waals surface area contributed by atoms with Gasteiger partial charge in [-0.05, 0) is 18.3 Å². The van der Waals surface area contributed by atoms with Crippen molar-refractivity contribution in [2.45, 2.75) is 32.8 Å². The van der Waals surface area contributed by atoms with Gasteiger partial charge in [-0.3, -0.25) is 0 Å². The summed E-state index contributed by atoms with van der Waals surface area (Å²) >= 11 is 3.47. The van der Waals surface area contributed by atoms with Gasteiger partial charge in [0, 0.05) is 10.7 Å². The first-order chi connectivity index (χ1) is 5.10. The van der Waals surface area contributed by atoms with Crippen molar-refractivity contribution in [3.8, 4) is 0 Å². The molecular formula is C9H15BrO. The van der Waals surface area contributed by atoms with E-state index in [0.717, 1.165) is 11.9 Å². The van der Waals surface area contributed by atoms with Gasteiger partial charge in [-0.25, -0.2) is 0 Å². The fraction of sp³-hybridized carbons (Fsp3) is 1.00. The summed E-state index contributed by atoms with van der Waals surface area (Å²) < 4.78 is 5.67. The van der Waals surface area contributed by atoms with Crippen LogP contribution < -0.4 is 0 Å². The van der Waals surface area contributed by atoms with Gasteiger partial charge in [-0.15, -0.1) is 0 Å². The van der Waals surface area contributed by atoms with Crippen LogP contribution in [0.2, 0.25) is 0 Å². The Morgan fingerprint density at radius 2 is 2.18 bits per heavy atom. The fourth-order valence-electron chi connectivity index (χ4n) is 2.33. The van der Waals surface area contributed by atoms with Crippen LogP contribution in [-0.2, 0) is 4.74 Å². The fourth-order valence-corrected chi connectivity index (χ4v) is 2.74. The number of rotatable bonds is 1. The third-order valence-electron chi connectivity index (χ3n) is 3.48. The number of hydrogen-bond acceptors (Lipinski definition) is 1. The van der Waals surface area contributed by atoms with Gasteiger partial charge in [0.2, 0.25) is 0 Å². The highest BCUT2D eigenvalue weighted by Crippen LogP contribution is 2.68. The minimum absolute atomic E-state index is 0.483. The minimum atomic E-state index is 0.483. The van der Waals surface area contributed by atoms with Crippen molar-refractivity contribution >= 4 is 15.9 Å². The van der Waals surface area contributed by atoms with Gasteiger partial charge < -0.3 is 4.74 Å². The molecule has 0 bridgehead atoms. The topological polar surface area (TPSA) is 9.23 Å². The second kappa shape index (κ2) is 2.23. The molecule has 11 heavy (non-hydrogen) atoms. The number of alkyl halides is 1. The molecule has 0 N–H and O–H groups in total. The van der Waals surface area contributed by atoms with Crippen molar-refractivity contribution in [3.05, 3.63) is 0 Å². The van der Waals surface area contributed by atoms with Crippen LogP contribution in [0.25, 0.3) is 0 Å². The molecule has 2 fully saturated rings. The molecule has 1 aliphatic heterocycles. The first-order valence-electron chi connectivity index (χ1n) is 4.27. The number of hydrogen-bond donors (Lipinski definition) is 0. The Kier molecular flexibility index (Phi) is 1.63. The van der Waals surface area contributed by atoms with Crippen LogP contribution in [0.5, 0.6) is 0 Å². The number of halogens is 1. The average molecular weight is 219 g/mol. The first-order valence-corrected chi connectivity index (χ1v) is 5.39. The maximum absolute atomic E-state index is 5.67. The van der Waals surface area contributed by atoms with Gasteiger partial charge in [0.25, 0.3) is 0 Å². The summed E-state index contributed by atoms with van der Waals surface area (Å²) in [5.74, 6) is 0. The van der Waals surface area contributed by atoms with Gasteiger partial charge in [-0.2, -0.15) is 0 Å². The van der Waals surface area contributed by atoms with Gasteiger partial charge in [0.1, 0.15) is 0 Å². The summed E-state index contributed by atoms with van der Waals surface area (Å²) in [6, 6.07) is 0. The molecule has 1 heterocycles. The van der Waals surface area contributed by atoms with E-state index in [9.17, 15) is 0 Å². The van der Waals surface area contributed by atoms with Crippen molar-refractivity contribution in [1.82, 2.24) is 0 Å². The lowest BCUT2D eigenvalue weighted by molar-refractivity contribution is 0.118.